The van der Waals surface area contributed by atoms with Gasteiger partial charge in [-0.2, -0.15) is 0 Å². The number of benzene rings is 1. The van der Waals surface area contributed by atoms with Crippen LogP contribution in [-0.2, 0) is 14.6 Å². The van der Waals surface area contributed by atoms with Crippen molar-refractivity contribution < 1.29 is 13.2 Å². The minimum absolute atomic E-state index is 0.128. The Labute approximate surface area is 119 Å². The summed E-state index contributed by atoms with van der Waals surface area (Å²) in [6.45, 7) is 1.84. The van der Waals surface area contributed by atoms with Gasteiger partial charge in [0.25, 0.3) is 0 Å². The highest BCUT2D eigenvalue weighted by molar-refractivity contribution is 7.90. The molecule has 6 heteroatoms. The van der Waals surface area contributed by atoms with E-state index >= 15 is 0 Å². The highest BCUT2D eigenvalue weighted by Gasteiger charge is 2.43. The van der Waals surface area contributed by atoms with Gasteiger partial charge in [-0.25, -0.2) is 8.42 Å². The predicted molar refractivity (Wildman–Crippen MR) is 78.1 cm³/mol. The number of carbonyl (C=O) groups is 1. The summed E-state index contributed by atoms with van der Waals surface area (Å²) in [6, 6.07) is 6.23. The molecule has 1 aromatic carbocycles. The summed E-state index contributed by atoms with van der Waals surface area (Å²) in [6.07, 6.45) is 3.58. The minimum Gasteiger partial charge on any atom is -0.327 e. The van der Waals surface area contributed by atoms with E-state index in [0.29, 0.717) is 5.69 Å². The van der Waals surface area contributed by atoms with Crippen molar-refractivity contribution in [3.05, 3.63) is 24.3 Å². The van der Waals surface area contributed by atoms with E-state index in [1.807, 2.05) is 6.92 Å². The molecule has 1 aliphatic carbocycles. The zero-order chi connectivity index (χ0) is 15.0. The third-order valence-corrected chi connectivity index (χ3v) is 5.24. The summed E-state index contributed by atoms with van der Waals surface area (Å²) in [5.74, 6) is -0.210. The Kier molecular flexibility index (Phi) is 3.88. The van der Waals surface area contributed by atoms with E-state index < -0.39 is 15.3 Å². The second-order valence-electron chi connectivity index (χ2n) is 5.64. The van der Waals surface area contributed by atoms with Crippen molar-refractivity contribution >= 4 is 21.4 Å². The van der Waals surface area contributed by atoms with Gasteiger partial charge < -0.3 is 11.1 Å². The number of amides is 1. The monoisotopic (exact) mass is 296 g/mol. The fourth-order valence-corrected chi connectivity index (χ4v) is 3.48. The molecule has 2 rings (SSSR count). The smallest absolute Gasteiger partial charge is 0.231 e. The molecule has 0 saturated heterocycles. The first kappa shape index (κ1) is 15.0. The normalized spacial score (nSPS) is 26.4. The van der Waals surface area contributed by atoms with Gasteiger partial charge in [-0.3, -0.25) is 4.79 Å². The van der Waals surface area contributed by atoms with Gasteiger partial charge in [0, 0.05) is 12.3 Å². The molecule has 2 atom stereocenters. The van der Waals surface area contributed by atoms with Crippen LogP contribution in [0.5, 0.6) is 0 Å². The molecule has 0 aromatic heterocycles. The quantitative estimate of drug-likeness (QED) is 0.885. The Bertz CT molecular complexity index is 627. The lowest BCUT2D eigenvalue weighted by Crippen LogP contribution is -2.44. The maximum Gasteiger partial charge on any atom is 0.231 e. The second-order valence-corrected chi connectivity index (χ2v) is 7.62. The fraction of sp³-hybridized carbons (Fsp3) is 0.500. The van der Waals surface area contributed by atoms with Gasteiger partial charge in [-0.05, 0) is 31.9 Å². The first-order valence-corrected chi connectivity index (χ1v) is 8.50. The summed E-state index contributed by atoms with van der Waals surface area (Å²) < 4.78 is 23.4. The number of anilines is 1. The molecule has 110 valence electrons. The number of nitrogens with two attached hydrogens (primary N) is 1. The van der Waals surface area contributed by atoms with Crippen LogP contribution in [0.2, 0.25) is 0 Å². The molecular formula is C14H20N2O3S. The molecular weight excluding hydrogens is 276 g/mol. The highest BCUT2D eigenvalue weighted by atomic mass is 32.2. The van der Waals surface area contributed by atoms with E-state index in [1.54, 1.807) is 18.2 Å². The van der Waals surface area contributed by atoms with Crippen LogP contribution in [0.15, 0.2) is 29.2 Å². The molecule has 1 aromatic rings. The van der Waals surface area contributed by atoms with Crippen LogP contribution < -0.4 is 11.1 Å². The zero-order valence-corrected chi connectivity index (χ0v) is 12.5. The van der Waals surface area contributed by atoms with E-state index in [0.717, 1.165) is 25.5 Å². The molecule has 5 nitrogen and oxygen atoms in total. The van der Waals surface area contributed by atoms with Crippen molar-refractivity contribution in [2.24, 2.45) is 11.1 Å². The van der Waals surface area contributed by atoms with Gasteiger partial charge in [0.05, 0.1) is 16.0 Å². The average Bonchev–Trinajstić information content (AvgIpc) is 2.70. The first-order valence-electron chi connectivity index (χ1n) is 6.61. The minimum atomic E-state index is -3.38. The van der Waals surface area contributed by atoms with Crippen LogP contribution in [0.4, 0.5) is 5.69 Å². The first-order chi connectivity index (χ1) is 9.25. The molecule has 0 bridgehead atoms. The van der Waals surface area contributed by atoms with Gasteiger partial charge in [0.1, 0.15) is 0 Å². The Morgan fingerprint density at radius 1 is 1.40 bits per heavy atom. The van der Waals surface area contributed by atoms with Gasteiger partial charge in [0.15, 0.2) is 9.84 Å². The number of para-hydroxylation sites is 1. The molecule has 20 heavy (non-hydrogen) atoms. The lowest BCUT2D eigenvalue weighted by atomic mass is 9.84. The largest absolute Gasteiger partial charge is 0.327 e. The summed E-state index contributed by atoms with van der Waals surface area (Å²) in [5, 5.41) is 2.73. The number of carbonyl (C=O) groups excluding carboxylic acids is 1. The van der Waals surface area contributed by atoms with E-state index in [9.17, 15) is 13.2 Å². The summed E-state index contributed by atoms with van der Waals surface area (Å²) in [5.41, 5.74) is 5.70. The van der Waals surface area contributed by atoms with Crippen molar-refractivity contribution in [3.8, 4) is 0 Å². The van der Waals surface area contributed by atoms with Gasteiger partial charge in [-0.1, -0.05) is 18.6 Å². The molecule has 1 amide bonds. The van der Waals surface area contributed by atoms with Crippen LogP contribution in [-0.4, -0.2) is 26.6 Å². The lowest BCUT2D eigenvalue weighted by Gasteiger charge is -2.27. The maximum absolute atomic E-state index is 12.4. The Morgan fingerprint density at radius 2 is 2.05 bits per heavy atom. The van der Waals surface area contributed by atoms with Crippen LogP contribution in [0, 0.1) is 5.41 Å². The van der Waals surface area contributed by atoms with Crippen molar-refractivity contribution in [2.75, 3.05) is 11.6 Å². The predicted octanol–water partition coefficient (Wildman–Crippen LogP) is 1.55. The molecule has 0 spiro atoms. The molecule has 2 unspecified atom stereocenters. The lowest BCUT2D eigenvalue weighted by molar-refractivity contribution is -0.125. The van der Waals surface area contributed by atoms with E-state index in [-0.39, 0.29) is 16.8 Å². The van der Waals surface area contributed by atoms with Gasteiger partial charge >= 0.3 is 0 Å². The Balaban J connectivity index is 2.30. The number of hydrogen-bond donors (Lipinski definition) is 2. The number of nitrogens with one attached hydrogen (secondary N) is 1. The molecule has 0 aliphatic heterocycles. The SMILES string of the molecule is CC1(C(=O)Nc2ccccc2S(C)(=O)=O)CCCC1N. The molecule has 1 fully saturated rings. The van der Waals surface area contributed by atoms with Crippen LogP contribution in [0.3, 0.4) is 0 Å². The third kappa shape index (κ3) is 2.71. The summed E-state index contributed by atoms with van der Waals surface area (Å²) in [4.78, 5) is 12.6. The van der Waals surface area contributed by atoms with Crippen molar-refractivity contribution in [3.63, 3.8) is 0 Å². The van der Waals surface area contributed by atoms with Crippen LogP contribution >= 0.6 is 0 Å². The zero-order valence-electron chi connectivity index (χ0n) is 11.7. The molecule has 1 saturated carbocycles. The number of hydrogen-bond acceptors (Lipinski definition) is 4. The second kappa shape index (κ2) is 5.18. The van der Waals surface area contributed by atoms with Crippen LogP contribution in [0.25, 0.3) is 0 Å². The maximum atomic E-state index is 12.4. The fourth-order valence-electron chi connectivity index (χ4n) is 2.63. The topological polar surface area (TPSA) is 89.3 Å². The number of sulfone groups is 1. The summed E-state index contributed by atoms with van der Waals surface area (Å²) >= 11 is 0. The van der Waals surface area contributed by atoms with Gasteiger partial charge in [0.2, 0.25) is 5.91 Å². The molecule has 0 radical (unpaired) electrons. The highest BCUT2D eigenvalue weighted by Crippen LogP contribution is 2.38. The van der Waals surface area contributed by atoms with E-state index in [4.69, 9.17) is 5.73 Å². The standard InChI is InChI=1S/C14H20N2O3S/c1-14(9-5-8-12(14)15)13(17)16-10-6-3-4-7-11(10)20(2,18)19/h3-4,6-7,12H,5,8-9,15H2,1-2H3,(H,16,17). The molecule has 0 heterocycles. The van der Waals surface area contributed by atoms with Crippen molar-refractivity contribution in [1.29, 1.82) is 0 Å². The van der Waals surface area contributed by atoms with Crippen molar-refractivity contribution in [2.45, 2.75) is 37.1 Å². The van der Waals surface area contributed by atoms with Gasteiger partial charge in [-0.15, -0.1) is 0 Å². The van der Waals surface area contributed by atoms with E-state index in [1.165, 1.54) is 6.07 Å². The van der Waals surface area contributed by atoms with E-state index in [2.05, 4.69) is 5.32 Å². The number of rotatable bonds is 3. The molecule has 3 N–H and O–H groups in total. The van der Waals surface area contributed by atoms with Crippen molar-refractivity contribution in [1.82, 2.24) is 0 Å². The summed E-state index contributed by atoms with van der Waals surface area (Å²) in [7, 11) is -3.38. The average molecular weight is 296 g/mol. The molecule has 1 aliphatic rings. The Morgan fingerprint density at radius 3 is 2.60 bits per heavy atom. The van der Waals surface area contributed by atoms with Crippen LogP contribution in [0.1, 0.15) is 26.2 Å². The Hall–Kier alpha value is -1.40. The third-order valence-electron chi connectivity index (χ3n) is 4.08.